The van der Waals surface area contributed by atoms with E-state index in [1.54, 1.807) is 14.4 Å². The van der Waals surface area contributed by atoms with Gasteiger partial charge in [-0.15, -0.1) is 4.79 Å². The minimum atomic E-state index is 0.866. The van der Waals surface area contributed by atoms with Crippen LogP contribution < -0.4 is 9.07 Å². The number of allylic oxidation sites excluding steroid dienone is 4. The SMILES string of the molecule is CCCCCCCC=CCCc1ccccc1C(=CC(=C=[N+]=[N-])CCCCCC)c1ccc(CCCC)cc1.Cc1cc[c]([Ni][c]2ccc(C)cc2)cc1. The number of benzene rings is 4. The average molecular weight is 766 g/mol. The van der Waals surface area contributed by atoms with Gasteiger partial charge in [0.15, 0.2) is 0 Å². The number of rotatable bonds is 22. The van der Waals surface area contributed by atoms with E-state index in [1.165, 1.54) is 119 Å². The van der Waals surface area contributed by atoms with E-state index in [0.29, 0.717) is 0 Å². The molecule has 0 fully saturated rings. The Balaban J connectivity index is 0.000000431. The van der Waals surface area contributed by atoms with Crippen LogP contribution >= 0.6 is 0 Å². The molecule has 0 aliphatic heterocycles. The van der Waals surface area contributed by atoms with E-state index in [-0.39, 0.29) is 0 Å². The van der Waals surface area contributed by atoms with Crippen LogP contribution in [0.3, 0.4) is 0 Å². The van der Waals surface area contributed by atoms with Crippen molar-refractivity contribution in [3.05, 3.63) is 160 Å². The third-order valence-corrected chi connectivity index (χ3v) is 10.8. The summed E-state index contributed by atoms with van der Waals surface area (Å²) in [5.41, 5.74) is 19.4. The Labute approximate surface area is 335 Å². The summed E-state index contributed by atoms with van der Waals surface area (Å²) < 4.78 is 2.63. The molecule has 2 nitrogen and oxygen atoms in total. The minimum absolute atomic E-state index is 0.866. The van der Waals surface area contributed by atoms with Crippen LogP contribution in [0.4, 0.5) is 0 Å². The predicted octanol–water partition coefficient (Wildman–Crippen LogP) is 13.4. The van der Waals surface area contributed by atoms with Crippen molar-refractivity contribution in [1.29, 1.82) is 0 Å². The fourth-order valence-corrected chi connectivity index (χ4v) is 7.28. The van der Waals surface area contributed by atoms with Gasteiger partial charge in [0.1, 0.15) is 0 Å². The molecule has 4 aromatic rings. The average Bonchev–Trinajstić information content (AvgIpc) is 3.19. The van der Waals surface area contributed by atoms with Crippen LogP contribution in [0, 0.1) is 13.8 Å². The van der Waals surface area contributed by atoms with Gasteiger partial charge in [-0.25, -0.2) is 0 Å². The third-order valence-electron chi connectivity index (χ3n) is 9.59. The second-order valence-corrected chi connectivity index (χ2v) is 15.8. The number of nitrogens with zero attached hydrogens (tertiary/aromatic N) is 2. The van der Waals surface area contributed by atoms with Gasteiger partial charge in [-0.3, -0.25) is 0 Å². The van der Waals surface area contributed by atoms with Crippen molar-refractivity contribution < 1.29 is 19.2 Å². The summed E-state index contributed by atoms with van der Waals surface area (Å²) in [7, 11) is 0. The maximum atomic E-state index is 9.37. The Kier molecular flexibility index (Phi) is 22.7. The van der Waals surface area contributed by atoms with Crippen molar-refractivity contribution in [3.63, 3.8) is 0 Å². The fourth-order valence-electron chi connectivity index (χ4n) is 6.29. The van der Waals surface area contributed by atoms with Crippen molar-refractivity contribution >= 4 is 20.5 Å². The Morgan fingerprint density at radius 3 is 1.80 bits per heavy atom. The van der Waals surface area contributed by atoms with Crippen molar-refractivity contribution in [2.45, 2.75) is 137 Å². The van der Waals surface area contributed by atoms with Gasteiger partial charge in [0, 0.05) is 0 Å². The molecule has 0 atom stereocenters. The molecule has 0 aliphatic rings. The van der Waals surface area contributed by atoms with E-state index in [0.717, 1.165) is 37.7 Å². The quantitative estimate of drug-likeness (QED) is 0.0145. The predicted molar refractivity (Wildman–Crippen MR) is 232 cm³/mol. The molecule has 0 saturated heterocycles. The molecule has 4 aromatic carbocycles. The monoisotopic (exact) mass is 764 g/mol. The van der Waals surface area contributed by atoms with Crippen molar-refractivity contribution in [3.8, 4) is 0 Å². The number of hydrogen-bond acceptors (Lipinski definition) is 0. The molecule has 0 spiro atoms. The fraction of sp³-hybridized carbons (Fsp3) is 0.412. The first kappa shape index (κ1) is 44.4. The molecule has 0 heterocycles. The Bertz CT molecular complexity index is 1710. The molecule has 4 rings (SSSR count). The van der Waals surface area contributed by atoms with E-state index in [9.17, 15) is 5.53 Å². The molecule has 0 aliphatic carbocycles. The normalized spacial score (nSPS) is 11.2. The van der Waals surface area contributed by atoms with Gasteiger partial charge < -0.3 is 5.53 Å². The van der Waals surface area contributed by atoms with Crippen LogP contribution in [0.2, 0.25) is 0 Å². The van der Waals surface area contributed by atoms with Crippen LogP contribution in [0.15, 0.2) is 121 Å². The van der Waals surface area contributed by atoms with E-state index in [2.05, 4.69) is 161 Å². The standard InChI is InChI=1S/C37H52N2.2C7H7.Ni/c1-4-7-10-12-13-14-15-16-18-23-34-24-19-20-25-36(34)37(30-33(31-39-38)22-17-11-8-5-2)35-28-26-32(27-29-35)21-9-6-3;2*1-7-5-3-2-4-6-7;/h15-16,19-20,24-30H,4-14,17-18,21-23H2,1-3H3;2*3-6H,1H3;. The van der Waals surface area contributed by atoms with Gasteiger partial charge in [0.25, 0.3) is 0 Å². The molecule has 0 amide bonds. The molecule has 0 unspecified atom stereocenters. The molecule has 290 valence electrons. The summed E-state index contributed by atoms with van der Waals surface area (Å²) in [5, 5.41) is 0. The first-order chi connectivity index (χ1) is 26.5. The van der Waals surface area contributed by atoms with E-state index in [1.807, 2.05) is 0 Å². The number of aryl methyl sites for hydroxylation is 4. The zero-order valence-corrected chi connectivity index (χ0v) is 35.0. The van der Waals surface area contributed by atoms with Crippen LogP contribution in [-0.2, 0) is 27.3 Å². The Morgan fingerprint density at radius 2 is 1.19 bits per heavy atom. The van der Waals surface area contributed by atoms with E-state index in [4.69, 9.17) is 0 Å². The van der Waals surface area contributed by atoms with Crippen LogP contribution in [0.25, 0.3) is 11.1 Å². The first-order valence-electron chi connectivity index (χ1n) is 20.7. The zero-order chi connectivity index (χ0) is 38.6. The van der Waals surface area contributed by atoms with Gasteiger partial charge in [-0.1, -0.05) is 133 Å². The van der Waals surface area contributed by atoms with Gasteiger partial charge in [-0.05, 0) is 85.3 Å². The topological polar surface area (TPSA) is 36.4 Å². The number of unbranched alkanes of at least 4 members (excludes halogenated alkanes) is 9. The summed E-state index contributed by atoms with van der Waals surface area (Å²) >= 11 is 1.61. The maximum absolute atomic E-state index is 9.37. The second-order valence-electron chi connectivity index (χ2n) is 14.4. The van der Waals surface area contributed by atoms with Gasteiger partial charge in [-0.2, -0.15) is 0 Å². The zero-order valence-electron chi connectivity index (χ0n) is 34.0. The summed E-state index contributed by atoms with van der Waals surface area (Å²) in [6.07, 6.45) is 26.0. The van der Waals surface area contributed by atoms with Crippen molar-refractivity contribution in [2.75, 3.05) is 0 Å². The summed E-state index contributed by atoms with van der Waals surface area (Å²) in [5.74, 6) is 2.88. The van der Waals surface area contributed by atoms with Crippen molar-refractivity contribution in [1.82, 2.24) is 0 Å². The second kappa shape index (κ2) is 27.6. The molecule has 0 N–H and O–H groups in total. The molecular formula is C51H66N2Ni. The summed E-state index contributed by atoms with van der Waals surface area (Å²) in [4.78, 5) is 3.31. The molecule has 0 bridgehead atoms. The van der Waals surface area contributed by atoms with Crippen LogP contribution in [-0.4, -0.2) is 10.7 Å². The van der Waals surface area contributed by atoms with E-state index < -0.39 is 0 Å². The number of hydrogen-bond donors (Lipinski definition) is 0. The summed E-state index contributed by atoms with van der Waals surface area (Å²) in [6.45, 7) is 11.0. The molecule has 3 heteroatoms. The molecule has 0 radical (unpaired) electrons. The molecule has 0 aromatic heterocycles. The van der Waals surface area contributed by atoms with Crippen LogP contribution in [0.5, 0.6) is 0 Å². The van der Waals surface area contributed by atoms with Gasteiger partial charge >= 0.3 is 103 Å². The Morgan fingerprint density at radius 1 is 0.611 bits per heavy atom. The summed E-state index contributed by atoms with van der Waals surface area (Å²) in [6, 6.07) is 35.2. The van der Waals surface area contributed by atoms with Gasteiger partial charge in [0.05, 0.1) is 5.57 Å². The van der Waals surface area contributed by atoms with E-state index >= 15 is 0 Å². The molecular weight excluding hydrogens is 699 g/mol. The Hall–Kier alpha value is -3.99. The molecule has 54 heavy (non-hydrogen) atoms. The first-order valence-corrected chi connectivity index (χ1v) is 21.7. The van der Waals surface area contributed by atoms with Gasteiger partial charge in [0.2, 0.25) is 0 Å². The van der Waals surface area contributed by atoms with Crippen molar-refractivity contribution in [2.24, 2.45) is 0 Å². The molecule has 0 saturated carbocycles. The van der Waals surface area contributed by atoms with Crippen LogP contribution in [0.1, 0.15) is 144 Å². The third kappa shape index (κ3) is 17.9.